The maximum atomic E-state index is 13.1. The molecule has 0 unspecified atom stereocenters. The monoisotopic (exact) mass is 415 g/mol. The lowest BCUT2D eigenvalue weighted by Gasteiger charge is -2.27. The Kier molecular flexibility index (Phi) is 5.69. The smallest absolute Gasteiger partial charge is 0.266 e. The molecule has 0 spiro atoms. The van der Waals surface area contributed by atoms with Crippen LogP contribution in [-0.4, -0.2) is 43.9 Å². The first kappa shape index (κ1) is 18.9. The SMILES string of the molecule is O=C(NS(=O)(=O)c1ccc(N2CCSCC2)nc1)c1ccc(F)cc1Cl. The maximum Gasteiger partial charge on any atom is 0.266 e. The number of pyridine rings is 1. The topological polar surface area (TPSA) is 79.4 Å². The van der Waals surface area contributed by atoms with Crippen LogP contribution in [0.5, 0.6) is 0 Å². The molecule has 0 bridgehead atoms. The number of nitrogens with zero attached hydrogens (tertiary/aromatic N) is 2. The van der Waals surface area contributed by atoms with Gasteiger partial charge in [-0.15, -0.1) is 0 Å². The number of sulfonamides is 1. The van der Waals surface area contributed by atoms with Crippen molar-refractivity contribution in [3.05, 3.63) is 52.9 Å². The quantitative estimate of drug-likeness (QED) is 0.826. The van der Waals surface area contributed by atoms with Crippen molar-refractivity contribution in [3.8, 4) is 0 Å². The van der Waals surface area contributed by atoms with E-state index in [4.69, 9.17) is 11.6 Å². The largest absolute Gasteiger partial charge is 0.355 e. The highest BCUT2D eigenvalue weighted by Gasteiger charge is 2.22. The summed E-state index contributed by atoms with van der Waals surface area (Å²) < 4.78 is 39.7. The van der Waals surface area contributed by atoms with Crippen LogP contribution in [0.1, 0.15) is 10.4 Å². The van der Waals surface area contributed by atoms with Crippen LogP contribution in [0.15, 0.2) is 41.4 Å². The summed E-state index contributed by atoms with van der Waals surface area (Å²) in [4.78, 5) is 18.3. The Morgan fingerprint density at radius 1 is 1.23 bits per heavy atom. The second-order valence-corrected chi connectivity index (χ2v) is 8.82. The van der Waals surface area contributed by atoms with Crippen molar-refractivity contribution >= 4 is 45.1 Å². The maximum absolute atomic E-state index is 13.1. The molecule has 1 aromatic carbocycles. The van der Waals surface area contributed by atoms with Gasteiger partial charge in [0.1, 0.15) is 16.5 Å². The normalized spacial score (nSPS) is 14.9. The van der Waals surface area contributed by atoms with Gasteiger partial charge in [-0.1, -0.05) is 11.6 Å². The lowest BCUT2D eigenvalue weighted by atomic mass is 10.2. The molecule has 6 nitrogen and oxygen atoms in total. The van der Waals surface area contributed by atoms with E-state index >= 15 is 0 Å². The minimum absolute atomic E-state index is 0.132. The van der Waals surface area contributed by atoms with Crippen molar-refractivity contribution < 1.29 is 17.6 Å². The van der Waals surface area contributed by atoms with Gasteiger partial charge in [-0.05, 0) is 30.3 Å². The number of benzene rings is 1. The van der Waals surface area contributed by atoms with Crippen LogP contribution in [-0.2, 0) is 10.0 Å². The fourth-order valence-corrected chi connectivity index (χ4v) is 4.49. The van der Waals surface area contributed by atoms with E-state index in [-0.39, 0.29) is 15.5 Å². The summed E-state index contributed by atoms with van der Waals surface area (Å²) in [6.45, 7) is 1.70. The molecule has 1 aromatic heterocycles. The molecule has 10 heteroatoms. The average molecular weight is 416 g/mol. The van der Waals surface area contributed by atoms with Crippen LogP contribution >= 0.6 is 23.4 Å². The number of anilines is 1. The van der Waals surface area contributed by atoms with Gasteiger partial charge in [0.15, 0.2) is 0 Å². The number of carbonyl (C=O) groups excluding carboxylic acids is 1. The Hall–Kier alpha value is -1.84. The molecule has 138 valence electrons. The summed E-state index contributed by atoms with van der Waals surface area (Å²) in [7, 11) is -4.12. The highest BCUT2D eigenvalue weighted by molar-refractivity contribution is 7.99. The summed E-state index contributed by atoms with van der Waals surface area (Å²) >= 11 is 7.65. The molecule has 0 aliphatic carbocycles. The Balaban J connectivity index is 1.76. The molecule has 1 fully saturated rings. The van der Waals surface area contributed by atoms with E-state index in [1.54, 1.807) is 6.07 Å². The summed E-state index contributed by atoms with van der Waals surface area (Å²) in [5, 5.41) is -0.172. The molecule has 1 saturated heterocycles. The van der Waals surface area contributed by atoms with Gasteiger partial charge >= 0.3 is 0 Å². The molecular weight excluding hydrogens is 401 g/mol. The van der Waals surface area contributed by atoms with E-state index in [0.29, 0.717) is 5.82 Å². The van der Waals surface area contributed by atoms with Crippen molar-refractivity contribution in [2.75, 3.05) is 29.5 Å². The number of aromatic nitrogens is 1. The van der Waals surface area contributed by atoms with Gasteiger partial charge < -0.3 is 4.90 Å². The van der Waals surface area contributed by atoms with Crippen LogP contribution in [0.3, 0.4) is 0 Å². The second-order valence-electron chi connectivity index (χ2n) is 5.51. The average Bonchev–Trinajstić information content (AvgIpc) is 2.62. The molecule has 26 heavy (non-hydrogen) atoms. The number of hydrogen-bond donors (Lipinski definition) is 1. The molecule has 1 N–H and O–H groups in total. The molecule has 2 heterocycles. The number of carbonyl (C=O) groups is 1. The van der Waals surface area contributed by atoms with Crippen LogP contribution in [0.4, 0.5) is 10.2 Å². The van der Waals surface area contributed by atoms with Gasteiger partial charge in [-0.2, -0.15) is 11.8 Å². The molecule has 1 aliphatic rings. The third-order valence-electron chi connectivity index (χ3n) is 3.77. The Labute approximate surface area is 159 Å². The third-order valence-corrected chi connectivity index (χ3v) is 6.34. The van der Waals surface area contributed by atoms with E-state index in [9.17, 15) is 17.6 Å². The third kappa shape index (κ3) is 4.28. The van der Waals surface area contributed by atoms with Gasteiger partial charge in [0.05, 0.1) is 10.6 Å². The molecule has 0 atom stereocenters. The molecule has 1 aliphatic heterocycles. The zero-order chi connectivity index (χ0) is 18.7. The van der Waals surface area contributed by atoms with Gasteiger partial charge in [0, 0.05) is 30.8 Å². The molecule has 1 amide bonds. The lowest BCUT2D eigenvalue weighted by Crippen LogP contribution is -2.33. The minimum Gasteiger partial charge on any atom is -0.355 e. The molecule has 2 aromatic rings. The van der Waals surface area contributed by atoms with Crippen molar-refractivity contribution in [1.82, 2.24) is 9.71 Å². The first-order chi connectivity index (χ1) is 12.4. The van der Waals surface area contributed by atoms with Crippen LogP contribution in [0, 0.1) is 5.82 Å². The van der Waals surface area contributed by atoms with Crippen LogP contribution in [0.25, 0.3) is 0 Å². The number of halogens is 2. The van der Waals surface area contributed by atoms with Gasteiger partial charge in [0.25, 0.3) is 15.9 Å². The van der Waals surface area contributed by atoms with Crippen molar-refractivity contribution in [2.45, 2.75) is 4.90 Å². The minimum atomic E-state index is -4.12. The highest BCUT2D eigenvalue weighted by atomic mass is 35.5. The van der Waals surface area contributed by atoms with E-state index < -0.39 is 21.7 Å². The fraction of sp³-hybridized carbons (Fsp3) is 0.250. The molecule has 3 rings (SSSR count). The molecule has 0 radical (unpaired) electrons. The van der Waals surface area contributed by atoms with Gasteiger partial charge in [-0.25, -0.2) is 22.5 Å². The van der Waals surface area contributed by atoms with Gasteiger partial charge in [0.2, 0.25) is 0 Å². The van der Waals surface area contributed by atoms with E-state index in [2.05, 4.69) is 9.88 Å². The fourth-order valence-electron chi connectivity index (χ4n) is 2.42. The lowest BCUT2D eigenvalue weighted by molar-refractivity contribution is 0.0981. The number of thioether (sulfide) groups is 1. The Morgan fingerprint density at radius 3 is 2.58 bits per heavy atom. The number of nitrogens with one attached hydrogen (secondary N) is 1. The summed E-state index contributed by atoms with van der Waals surface area (Å²) in [6.07, 6.45) is 1.21. The number of rotatable bonds is 4. The number of hydrogen-bond acceptors (Lipinski definition) is 6. The first-order valence-electron chi connectivity index (χ1n) is 7.68. The second kappa shape index (κ2) is 7.81. The predicted octanol–water partition coefficient (Wildman–Crippen LogP) is 2.55. The summed E-state index contributed by atoms with van der Waals surface area (Å²) in [5.41, 5.74) is -0.132. The number of amides is 1. The van der Waals surface area contributed by atoms with Crippen molar-refractivity contribution in [1.29, 1.82) is 0 Å². The highest BCUT2D eigenvalue weighted by Crippen LogP contribution is 2.20. The summed E-state index contributed by atoms with van der Waals surface area (Å²) in [6, 6.07) is 6.10. The summed E-state index contributed by atoms with van der Waals surface area (Å²) in [5.74, 6) is 1.13. The van der Waals surface area contributed by atoms with Crippen molar-refractivity contribution in [3.63, 3.8) is 0 Å². The standard InChI is InChI=1S/C16H15ClFN3O3S2/c17-14-9-11(18)1-3-13(14)16(22)20-26(23,24)12-2-4-15(19-10-12)21-5-7-25-8-6-21/h1-4,9-10H,5-8H2,(H,20,22). The van der Waals surface area contributed by atoms with Crippen molar-refractivity contribution in [2.24, 2.45) is 0 Å². The van der Waals surface area contributed by atoms with E-state index in [0.717, 1.165) is 42.8 Å². The molecule has 0 saturated carbocycles. The Bertz CT molecular complexity index is 917. The first-order valence-corrected chi connectivity index (χ1v) is 10.7. The van der Waals surface area contributed by atoms with E-state index in [1.807, 2.05) is 16.5 Å². The zero-order valence-corrected chi connectivity index (χ0v) is 15.9. The van der Waals surface area contributed by atoms with Gasteiger partial charge in [-0.3, -0.25) is 4.79 Å². The van der Waals surface area contributed by atoms with Crippen LogP contribution < -0.4 is 9.62 Å². The van der Waals surface area contributed by atoms with E-state index in [1.165, 1.54) is 12.3 Å². The predicted molar refractivity (Wildman–Crippen MR) is 99.8 cm³/mol. The zero-order valence-electron chi connectivity index (χ0n) is 13.5. The Morgan fingerprint density at radius 2 is 1.96 bits per heavy atom. The van der Waals surface area contributed by atoms with Crippen LogP contribution in [0.2, 0.25) is 5.02 Å². The molecular formula is C16H15ClFN3O3S2.